The number of hydrogen-bond donors (Lipinski definition) is 1. The van der Waals surface area contributed by atoms with Gasteiger partial charge in [0, 0.05) is 42.4 Å². The molecule has 10 rings (SSSR count). The Morgan fingerprint density at radius 2 is 1.00 bits per heavy atom. The van der Waals surface area contributed by atoms with Crippen molar-refractivity contribution in [3.63, 3.8) is 0 Å². The first-order valence-corrected chi connectivity index (χ1v) is 16.7. The SMILES string of the molecule is c1ccc(-c2nc(-c3ccccc3)nc(-c3cccc(-c4nc5c(ccc6sc7ccc8ccc9ccccc9c8c7c65)[nH]4)c3)n2)cc1. The number of nitrogens with one attached hydrogen (secondary N) is 1. The van der Waals surface area contributed by atoms with Gasteiger partial charge in [0.15, 0.2) is 17.5 Å². The smallest absolute Gasteiger partial charge is 0.164 e. The zero-order chi connectivity index (χ0) is 31.6. The fourth-order valence-electron chi connectivity index (χ4n) is 6.79. The highest BCUT2D eigenvalue weighted by atomic mass is 32.1. The molecule has 1 N–H and O–H groups in total. The van der Waals surface area contributed by atoms with Crippen LogP contribution in [0.4, 0.5) is 0 Å². The number of imidazole rings is 1. The van der Waals surface area contributed by atoms with E-state index in [-0.39, 0.29) is 0 Å². The number of fused-ring (bicyclic) bond motifs is 9. The lowest BCUT2D eigenvalue weighted by atomic mass is 9.97. The molecule has 6 heteroatoms. The van der Waals surface area contributed by atoms with Gasteiger partial charge in [0.2, 0.25) is 0 Å². The molecule has 0 fully saturated rings. The van der Waals surface area contributed by atoms with Gasteiger partial charge in [0.05, 0.1) is 11.0 Å². The van der Waals surface area contributed by atoms with Crippen LogP contribution in [0.5, 0.6) is 0 Å². The van der Waals surface area contributed by atoms with Gasteiger partial charge in [-0.1, -0.05) is 121 Å². The molecular formula is C42H25N5S. The standard InChI is InChI=1S/C42H25N5S/c1-3-11-27(12-4-1)39-45-40(28-13-5-2-6-14-28)47-42(46-39)30-16-9-15-29(24-30)41-43-32-21-23-34-37(38(32)44-41)36-33(48-34)22-20-26-19-18-25-10-7-8-17-31(25)35(26)36/h1-24H,(H,43,44). The summed E-state index contributed by atoms with van der Waals surface area (Å²) in [5.74, 6) is 2.70. The molecule has 0 saturated carbocycles. The molecule has 0 spiro atoms. The summed E-state index contributed by atoms with van der Waals surface area (Å²) < 4.78 is 2.50. The highest BCUT2D eigenvalue weighted by molar-refractivity contribution is 7.26. The highest BCUT2D eigenvalue weighted by Gasteiger charge is 2.18. The Morgan fingerprint density at radius 3 is 1.77 bits per heavy atom. The van der Waals surface area contributed by atoms with Gasteiger partial charge in [-0.05, 0) is 45.8 Å². The van der Waals surface area contributed by atoms with Gasteiger partial charge in [-0.2, -0.15) is 0 Å². The van der Waals surface area contributed by atoms with Gasteiger partial charge in [-0.3, -0.25) is 0 Å². The van der Waals surface area contributed by atoms with Crippen molar-refractivity contribution in [2.45, 2.75) is 0 Å². The largest absolute Gasteiger partial charge is 0.338 e. The van der Waals surface area contributed by atoms with Gasteiger partial charge < -0.3 is 4.98 Å². The molecule has 0 bridgehead atoms. The van der Waals surface area contributed by atoms with Gasteiger partial charge >= 0.3 is 0 Å². The van der Waals surface area contributed by atoms with Gasteiger partial charge in [0.1, 0.15) is 5.82 Å². The van der Waals surface area contributed by atoms with Crippen LogP contribution in [0, 0.1) is 0 Å². The number of rotatable bonds is 4. The minimum absolute atomic E-state index is 0.616. The molecule has 224 valence electrons. The van der Waals surface area contributed by atoms with Crippen molar-refractivity contribution < 1.29 is 0 Å². The van der Waals surface area contributed by atoms with Gasteiger partial charge in [-0.25, -0.2) is 19.9 Å². The van der Waals surface area contributed by atoms with Crippen molar-refractivity contribution in [1.82, 2.24) is 24.9 Å². The lowest BCUT2D eigenvalue weighted by Gasteiger charge is -2.09. The second-order valence-corrected chi connectivity index (χ2v) is 13.0. The predicted molar refractivity (Wildman–Crippen MR) is 199 cm³/mol. The molecule has 0 atom stereocenters. The Kier molecular flexibility index (Phi) is 5.98. The maximum absolute atomic E-state index is 5.28. The van der Waals surface area contributed by atoms with Gasteiger partial charge in [-0.15, -0.1) is 11.3 Å². The molecule has 5 nitrogen and oxygen atoms in total. The van der Waals surface area contributed by atoms with Crippen LogP contribution in [0.25, 0.3) is 98.3 Å². The topological polar surface area (TPSA) is 67.3 Å². The van der Waals surface area contributed by atoms with Crippen molar-refractivity contribution in [2.75, 3.05) is 0 Å². The minimum Gasteiger partial charge on any atom is -0.338 e. The summed E-state index contributed by atoms with van der Waals surface area (Å²) in [4.78, 5) is 23.7. The first-order chi connectivity index (χ1) is 23.8. The Labute approximate surface area is 279 Å². The summed E-state index contributed by atoms with van der Waals surface area (Å²) in [5.41, 5.74) is 5.75. The molecule has 0 aliphatic heterocycles. The average molecular weight is 632 g/mol. The second kappa shape index (κ2) is 10.7. The summed E-state index contributed by atoms with van der Waals surface area (Å²) in [6.45, 7) is 0. The quantitative estimate of drug-likeness (QED) is 0.196. The Bertz CT molecular complexity index is 2780. The zero-order valence-corrected chi connectivity index (χ0v) is 26.4. The monoisotopic (exact) mass is 631 g/mol. The van der Waals surface area contributed by atoms with Crippen molar-refractivity contribution in [1.29, 1.82) is 0 Å². The van der Waals surface area contributed by atoms with Crippen LogP contribution in [0.2, 0.25) is 0 Å². The molecule has 0 unspecified atom stereocenters. The van der Waals surface area contributed by atoms with Crippen LogP contribution in [-0.2, 0) is 0 Å². The Balaban J connectivity index is 1.16. The number of H-pyrrole nitrogens is 1. The number of aromatic nitrogens is 5. The van der Waals surface area contributed by atoms with E-state index in [1.54, 1.807) is 0 Å². The lowest BCUT2D eigenvalue weighted by Crippen LogP contribution is -2.00. The molecule has 0 amide bonds. The molecule has 3 aromatic heterocycles. The fourth-order valence-corrected chi connectivity index (χ4v) is 7.91. The fraction of sp³-hybridized carbons (Fsp3) is 0. The number of thiophene rings is 1. The normalized spacial score (nSPS) is 11.8. The average Bonchev–Trinajstić information content (AvgIpc) is 3.77. The van der Waals surface area contributed by atoms with E-state index in [2.05, 4.69) is 77.8 Å². The molecule has 10 aromatic rings. The molecule has 3 heterocycles. The number of nitrogens with zero attached hydrogens (tertiary/aromatic N) is 4. The molecule has 0 saturated heterocycles. The third-order valence-electron chi connectivity index (χ3n) is 9.05. The summed E-state index contributed by atoms with van der Waals surface area (Å²) >= 11 is 1.83. The first kappa shape index (κ1) is 26.9. The van der Waals surface area contributed by atoms with E-state index >= 15 is 0 Å². The van der Waals surface area contributed by atoms with E-state index in [0.717, 1.165) is 39.1 Å². The van der Waals surface area contributed by atoms with Crippen molar-refractivity contribution in [2.24, 2.45) is 0 Å². The van der Waals surface area contributed by atoms with Crippen molar-refractivity contribution in [3.8, 4) is 45.6 Å². The number of aromatic amines is 1. The molecule has 0 aliphatic rings. The van der Waals surface area contributed by atoms with E-state index in [4.69, 9.17) is 19.9 Å². The maximum Gasteiger partial charge on any atom is 0.164 e. The van der Waals surface area contributed by atoms with Crippen LogP contribution in [0.15, 0.2) is 146 Å². The van der Waals surface area contributed by atoms with E-state index in [1.807, 2.05) is 84.1 Å². The maximum atomic E-state index is 5.28. The van der Waals surface area contributed by atoms with Crippen LogP contribution in [-0.4, -0.2) is 24.9 Å². The molecule has 0 radical (unpaired) electrons. The molecule has 0 aliphatic carbocycles. The van der Waals surface area contributed by atoms with E-state index in [1.165, 1.54) is 41.7 Å². The summed E-state index contributed by atoms with van der Waals surface area (Å²) in [7, 11) is 0. The first-order valence-electron chi connectivity index (χ1n) is 15.9. The highest BCUT2D eigenvalue weighted by Crippen LogP contribution is 2.44. The summed E-state index contributed by atoms with van der Waals surface area (Å²) in [6.07, 6.45) is 0. The van der Waals surface area contributed by atoms with E-state index in [0.29, 0.717) is 17.5 Å². The van der Waals surface area contributed by atoms with Crippen molar-refractivity contribution >= 4 is 64.1 Å². The van der Waals surface area contributed by atoms with Crippen LogP contribution in [0.3, 0.4) is 0 Å². The zero-order valence-electron chi connectivity index (χ0n) is 25.6. The van der Waals surface area contributed by atoms with E-state index in [9.17, 15) is 0 Å². The molecular weight excluding hydrogens is 607 g/mol. The van der Waals surface area contributed by atoms with Crippen LogP contribution >= 0.6 is 11.3 Å². The third-order valence-corrected chi connectivity index (χ3v) is 10.2. The second-order valence-electron chi connectivity index (χ2n) is 12.0. The molecule has 48 heavy (non-hydrogen) atoms. The number of hydrogen-bond acceptors (Lipinski definition) is 5. The Hall–Kier alpha value is -6.24. The predicted octanol–water partition coefficient (Wildman–Crippen LogP) is 11.1. The Morgan fingerprint density at radius 1 is 0.417 bits per heavy atom. The summed E-state index contributed by atoms with van der Waals surface area (Å²) in [5, 5.41) is 7.51. The molecule has 7 aromatic carbocycles. The van der Waals surface area contributed by atoms with Crippen molar-refractivity contribution in [3.05, 3.63) is 146 Å². The summed E-state index contributed by atoms with van der Waals surface area (Å²) in [6, 6.07) is 50.4. The van der Waals surface area contributed by atoms with Crippen LogP contribution < -0.4 is 0 Å². The van der Waals surface area contributed by atoms with Crippen LogP contribution in [0.1, 0.15) is 0 Å². The minimum atomic E-state index is 0.616. The van der Waals surface area contributed by atoms with Gasteiger partial charge in [0.25, 0.3) is 0 Å². The number of benzene rings is 7. The van der Waals surface area contributed by atoms with E-state index < -0.39 is 0 Å². The lowest BCUT2D eigenvalue weighted by molar-refractivity contribution is 1.07. The third kappa shape index (κ3) is 4.31.